The van der Waals surface area contributed by atoms with Gasteiger partial charge in [-0.25, -0.2) is 0 Å². The van der Waals surface area contributed by atoms with Crippen molar-refractivity contribution < 1.29 is 14.7 Å². The molecule has 3 N–H and O–H groups in total. The van der Waals surface area contributed by atoms with Gasteiger partial charge in [0.15, 0.2) is 0 Å². The third-order valence-electron chi connectivity index (χ3n) is 5.38. The Balaban J connectivity index is 1.94. The maximum atomic E-state index is 12.6. The molecule has 5 heteroatoms. The van der Waals surface area contributed by atoms with Crippen molar-refractivity contribution in [1.29, 1.82) is 0 Å². The molecule has 1 atom stereocenters. The standard InChI is InChI=1S/C16H28N2O3/c1-2-7-16(15(20)21)8-9-18(11-16)14(19)13-5-3-12(10-17)4-6-13/h12-13H,2-11,17H2,1H3,(H,20,21). The molecule has 0 aromatic rings. The fourth-order valence-corrected chi connectivity index (χ4v) is 3.93. The van der Waals surface area contributed by atoms with Gasteiger partial charge in [0, 0.05) is 19.0 Å². The van der Waals surface area contributed by atoms with Gasteiger partial charge in [0.25, 0.3) is 0 Å². The lowest BCUT2D eigenvalue weighted by Crippen LogP contribution is -2.40. The number of nitrogens with zero attached hydrogens (tertiary/aromatic N) is 1. The Hall–Kier alpha value is -1.10. The number of amides is 1. The molecular weight excluding hydrogens is 268 g/mol. The van der Waals surface area contributed by atoms with Gasteiger partial charge in [0.1, 0.15) is 0 Å². The van der Waals surface area contributed by atoms with E-state index < -0.39 is 11.4 Å². The minimum atomic E-state index is -0.744. The highest BCUT2D eigenvalue weighted by molar-refractivity contribution is 5.82. The number of hydrogen-bond acceptors (Lipinski definition) is 3. The molecule has 2 aliphatic rings. The number of carboxylic acid groups (broad SMARTS) is 1. The van der Waals surface area contributed by atoms with Crippen LogP contribution in [0, 0.1) is 17.3 Å². The van der Waals surface area contributed by atoms with E-state index in [0.717, 1.165) is 32.1 Å². The number of carbonyl (C=O) groups is 2. The molecule has 120 valence electrons. The van der Waals surface area contributed by atoms with Gasteiger partial charge in [-0.3, -0.25) is 9.59 Å². The van der Waals surface area contributed by atoms with Crippen LogP contribution in [-0.4, -0.2) is 41.5 Å². The highest BCUT2D eigenvalue weighted by Gasteiger charge is 2.46. The van der Waals surface area contributed by atoms with Gasteiger partial charge in [-0.15, -0.1) is 0 Å². The van der Waals surface area contributed by atoms with Crippen LogP contribution in [-0.2, 0) is 9.59 Å². The zero-order valence-corrected chi connectivity index (χ0v) is 13.0. The normalized spacial score (nSPS) is 33.1. The van der Waals surface area contributed by atoms with E-state index in [0.29, 0.717) is 38.4 Å². The Morgan fingerprint density at radius 2 is 1.95 bits per heavy atom. The van der Waals surface area contributed by atoms with Crippen LogP contribution in [0.5, 0.6) is 0 Å². The van der Waals surface area contributed by atoms with Crippen LogP contribution in [0.15, 0.2) is 0 Å². The summed E-state index contributed by atoms with van der Waals surface area (Å²) < 4.78 is 0. The lowest BCUT2D eigenvalue weighted by Gasteiger charge is -2.31. The second-order valence-electron chi connectivity index (χ2n) is 6.80. The smallest absolute Gasteiger partial charge is 0.311 e. The third-order valence-corrected chi connectivity index (χ3v) is 5.38. The first-order valence-corrected chi connectivity index (χ1v) is 8.24. The number of carbonyl (C=O) groups excluding carboxylic acids is 1. The van der Waals surface area contributed by atoms with Gasteiger partial charge in [0.05, 0.1) is 5.41 Å². The molecule has 0 aromatic carbocycles. The molecule has 21 heavy (non-hydrogen) atoms. The summed E-state index contributed by atoms with van der Waals surface area (Å²) in [5.41, 5.74) is 4.98. The van der Waals surface area contributed by atoms with E-state index in [9.17, 15) is 14.7 Å². The summed E-state index contributed by atoms with van der Waals surface area (Å²) in [6, 6.07) is 0. The largest absolute Gasteiger partial charge is 0.481 e. The van der Waals surface area contributed by atoms with Crippen molar-refractivity contribution in [2.24, 2.45) is 23.0 Å². The maximum Gasteiger partial charge on any atom is 0.311 e. The van der Waals surface area contributed by atoms with E-state index in [4.69, 9.17) is 5.73 Å². The zero-order chi connectivity index (χ0) is 15.5. The summed E-state index contributed by atoms with van der Waals surface area (Å²) in [7, 11) is 0. The maximum absolute atomic E-state index is 12.6. The fourth-order valence-electron chi connectivity index (χ4n) is 3.93. The molecule has 1 aliphatic heterocycles. The van der Waals surface area contributed by atoms with Crippen molar-refractivity contribution >= 4 is 11.9 Å². The van der Waals surface area contributed by atoms with Gasteiger partial charge in [0.2, 0.25) is 5.91 Å². The van der Waals surface area contributed by atoms with Gasteiger partial charge in [-0.1, -0.05) is 13.3 Å². The van der Waals surface area contributed by atoms with Crippen LogP contribution in [0.1, 0.15) is 51.9 Å². The molecule has 1 aliphatic carbocycles. The highest BCUT2D eigenvalue weighted by atomic mass is 16.4. The number of rotatable bonds is 5. The fraction of sp³-hybridized carbons (Fsp3) is 0.875. The van der Waals surface area contributed by atoms with Crippen molar-refractivity contribution in [3.63, 3.8) is 0 Å². The molecule has 1 unspecified atom stereocenters. The molecule has 2 fully saturated rings. The van der Waals surface area contributed by atoms with Crippen LogP contribution < -0.4 is 5.73 Å². The average Bonchev–Trinajstić information content (AvgIpc) is 2.93. The monoisotopic (exact) mass is 296 g/mol. The van der Waals surface area contributed by atoms with E-state index >= 15 is 0 Å². The quantitative estimate of drug-likeness (QED) is 0.811. The molecule has 1 saturated carbocycles. The number of carboxylic acids is 1. The molecule has 0 bridgehead atoms. The SMILES string of the molecule is CCCC1(C(=O)O)CCN(C(=O)C2CCC(CN)CC2)C1. The minimum Gasteiger partial charge on any atom is -0.481 e. The van der Waals surface area contributed by atoms with E-state index in [-0.39, 0.29) is 11.8 Å². The van der Waals surface area contributed by atoms with Crippen molar-refractivity contribution in [2.45, 2.75) is 51.9 Å². The number of nitrogens with two attached hydrogens (primary N) is 1. The second kappa shape index (κ2) is 6.77. The minimum absolute atomic E-state index is 0.0824. The summed E-state index contributed by atoms with van der Waals surface area (Å²) in [6.45, 7) is 3.71. The van der Waals surface area contributed by atoms with Gasteiger partial charge >= 0.3 is 5.97 Å². The van der Waals surface area contributed by atoms with Crippen molar-refractivity contribution in [1.82, 2.24) is 4.90 Å². The average molecular weight is 296 g/mol. The summed E-state index contributed by atoms with van der Waals surface area (Å²) in [6.07, 6.45) is 5.97. The molecule has 5 nitrogen and oxygen atoms in total. The number of aliphatic carboxylic acids is 1. The van der Waals surface area contributed by atoms with Crippen molar-refractivity contribution in [3.05, 3.63) is 0 Å². The van der Waals surface area contributed by atoms with Crippen LogP contribution in [0.25, 0.3) is 0 Å². The van der Waals surface area contributed by atoms with E-state index in [1.807, 2.05) is 6.92 Å². The molecule has 0 spiro atoms. The van der Waals surface area contributed by atoms with Crippen molar-refractivity contribution in [2.75, 3.05) is 19.6 Å². The molecule has 1 amide bonds. The Bertz CT molecular complexity index is 391. The lowest BCUT2D eigenvalue weighted by atomic mass is 9.81. The predicted octanol–water partition coefficient (Wildman–Crippen LogP) is 1.85. The Labute approximate surface area is 126 Å². The van der Waals surface area contributed by atoms with E-state index in [1.165, 1.54) is 0 Å². The van der Waals surface area contributed by atoms with Crippen molar-refractivity contribution in [3.8, 4) is 0 Å². The van der Waals surface area contributed by atoms with Crippen LogP contribution >= 0.6 is 0 Å². The van der Waals surface area contributed by atoms with Crippen LogP contribution in [0.4, 0.5) is 0 Å². The highest BCUT2D eigenvalue weighted by Crippen LogP contribution is 2.38. The summed E-state index contributed by atoms with van der Waals surface area (Å²) in [5.74, 6) is 0.0704. The predicted molar refractivity (Wildman–Crippen MR) is 80.7 cm³/mol. The summed E-state index contributed by atoms with van der Waals surface area (Å²) >= 11 is 0. The third kappa shape index (κ3) is 3.39. The van der Waals surface area contributed by atoms with Gasteiger partial charge in [-0.05, 0) is 51.0 Å². The zero-order valence-electron chi connectivity index (χ0n) is 13.0. The Morgan fingerprint density at radius 3 is 2.48 bits per heavy atom. The molecule has 0 radical (unpaired) electrons. The molecule has 0 aromatic heterocycles. The summed E-state index contributed by atoms with van der Waals surface area (Å²) in [5, 5.41) is 9.52. The first-order chi connectivity index (χ1) is 10.0. The first kappa shape index (κ1) is 16.3. The second-order valence-corrected chi connectivity index (χ2v) is 6.80. The van der Waals surface area contributed by atoms with Crippen LogP contribution in [0.2, 0.25) is 0 Å². The number of likely N-dealkylation sites (tertiary alicyclic amines) is 1. The van der Waals surface area contributed by atoms with Gasteiger partial charge < -0.3 is 15.7 Å². The molecule has 1 saturated heterocycles. The molecule has 2 rings (SSSR count). The van der Waals surface area contributed by atoms with Gasteiger partial charge in [-0.2, -0.15) is 0 Å². The Kier molecular flexibility index (Phi) is 5.25. The topological polar surface area (TPSA) is 83.6 Å². The molecule has 1 heterocycles. The molecular formula is C16H28N2O3. The first-order valence-electron chi connectivity index (χ1n) is 8.24. The van der Waals surface area contributed by atoms with E-state index in [2.05, 4.69) is 0 Å². The number of hydrogen-bond donors (Lipinski definition) is 2. The lowest BCUT2D eigenvalue weighted by molar-refractivity contribution is -0.149. The van der Waals surface area contributed by atoms with Crippen LogP contribution in [0.3, 0.4) is 0 Å². The summed E-state index contributed by atoms with van der Waals surface area (Å²) in [4.78, 5) is 26.0. The van der Waals surface area contributed by atoms with E-state index in [1.54, 1.807) is 4.90 Å². The Morgan fingerprint density at radius 1 is 1.29 bits per heavy atom.